The van der Waals surface area contributed by atoms with Gasteiger partial charge in [-0.3, -0.25) is 0 Å². The Balaban J connectivity index is 0.000000124. The van der Waals surface area contributed by atoms with Crippen LogP contribution in [0.4, 0.5) is 0 Å². The van der Waals surface area contributed by atoms with Gasteiger partial charge in [0, 0.05) is 0 Å². The number of rotatable bonds is 2. The molecular formula is C35H34. The van der Waals surface area contributed by atoms with Crippen LogP contribution in [-0.4, -0.2) is 0 Å². The molecule has 0 spiro atoms. The van der Waals surface area contributed by atoms with E-state index in [1.165, 1.54) is 49.0 Å². The molecule has 0 atom stereocenters. The molecule has 0 aliphatic carbocycles. The van der Waals surface area contributed by atoms with Crippen molar-refractivity contribution >= 4 is 32.3 Å². The molecule has 0 unspecified atom stereocenters. The van der Waals surface area contributed by atoms with Crippen molar-refractivity contribution in [2.24, 2.45) is 0 Å². The Kier molecular flexibility index (Phi) is 8.30. The molecule has 0 aromatic heterocycles. The zero-order valence-corrected chi connectivity index (χ0v) is 21.0. The Bertz CT molecular complexity index is 1440. The predicted octanol–water partition coefficient (Wildman–Crippen LogP) is 9.95. The Morgan fingerprint density at radius 1 is 0.371 bits per heavy atom. The second kappa shape index (κ2) is 12.0. The summed E-state index contributed by atoms with van der Waals surface area (Å²) in [7, 11) is 0. The first-order chi connectivity index (χ1) is 17.2. The van der Waals surface area contributed by atoms with E-state index in [1.807, 2.05) is 0 Å². The van der Waals surface area contributed by atoms with E-state index in [9.17, 15) is 0 Å². The summed E-state index contributed by atoms with van der Waals surface area (Å²) in [6.07, 6.45) is 2.23. The van der Waals surface area contributed by atoms with E-state index in [-0.39, 0.29) is 0 Å². The highest BCUT2D eigenvalue weighted by molar-refractivity contribution is 5.84. The predicted molar refractivity (Wildman–Crippen MR) is 155 cm³/mol. The van der Waals surface area contributed by atoms with Gasteiger partial charge in [-0.2, -0.15) is 0 Å². The van der Waals surface area contributed by atoms with Gasteiger partial charge < -0.3 is 0 Å². The first kappa shape index (κ1) is 24.2. The van der Waals surface area contributed by atoms with Crippen LogP contribution in [0.3, 0.4) is 0 Å². The zero-order valence-electron chi connectivity index (χ0n) is 21.0. The van der Waals surface area contributed by atoms with Crippen LogP contribution in [0.5, 0.6) is 0 Å². The minimum Gasteiger partial charge on any atom is -0.0616 e. The van der Waals surface area contributed by atoms with Crippen molar-refractivity contribution in [3.63, 3.8) is 0 Å². The lowest BCUT2D eigenvalue weighted by Gasteiger charge is -1.99. The van der Waals surface area contributed by atoms with Crippen LogP contribution in [0.15, 0.2) is 127 Å². The normalized spacial score (nSPS) is 10.4. The van der Waals surface area contributed by atoms with Gasteiger partial charge in [0.2, 0.25) is 0 Å². The van der Waals surface area contributed by atoms with Crippen LogP contribution in [-0.2, 0) is 12.8 Å². The van der Waals surface area contributed by atoms with Crippen LogP contribution in [0.25, 0.3) is 32.3 Å². The monoisotopic (exact) mass is 454 g/mol. The summed E-state index contributed by atoms with van der Waals surface area (Å²) in [5, 5.41) is 7.99. The van der Waals surface area contributed by atoms with E-state index in [1.54, 1.807) is 0 Å². The number of hydrogen-bond acceptors (Lipinski definition) is 0. The van der Waals surface area contributed by atoms with Crippen molar-refractivity contribution in [3.8, 4) is 0 Å². The number of benzene rings is 6. The van der Waals surface area contributed by atoms with Crippen molar-refractivity contribution < 1.29 is 0 Å². The summed E-state index contributed by atoms with van der Waals surface area (Å²) in [4.78, 5) is 0. The van der Waals surface area contributed by atoms with Gasteiger partial charge in [0.15, 0.2) is 0 Å². The van der Waals surface area contributed by atoms with Crippen molar-refractivity contribution in [3.05, 3.63) is 144 Å². The fourth-order valence-electron chi connectivity index (χ4n) is 4.23. The fourth-order valence-corrected chi connectivity index (χ4v) is 4.23. The molecule has 0 aliphatic heterocycles. The lowest BCUT2D eigenvalue weighted by molar-refractivity contribution is 1.15. The molecule has 0 saturated heterocycles. The lowest BCUT2D eigenvalue weighted by Crippen LogP contribution is -1.79. The molecule has 0 N–H and O–H groups in total. The Labute approximate surface area is 209 Å². The number of hydrogen-bond donors (Lipinski definition) is 0. The quantitative estimate of drug-likeness (QED) is 0.244. The second-order valence-corrected chi connectivity index (χ2v) is 8.92. The summed E-state index contributed by atoms with van der Waals surface area (Å²) < 4.78 is 0. The van der Waals surface area contributed by atoms with Gasteiger partial charge in [0.1, 0.15) is 0 Å². The molecule has 0 heterocycles. The number of fused-ring (bicyclic) bond motifs is 3. The van der Waals surface area contributed by atoms with Crippen molar-refractivity contribution in [2.75, 3.05) is 0 Å². The Morgan fingerprint density at radius 2 is 0.714 bits per heavy atom. The van der Waals surface area contributed by atoms with Crippen LogP contribution >= 0.6 is 0 Å². The van der Waals surface area contributed by atoms with Crippen molar-refractivity contribution in [1.82, 2.24) is 0 Å². The van der Waals surface area contributed by atoms with E-state index in [0.29, 0.717) is 0 Å². The smallest absolute Gasteiger partial charge is 0.0181 e. The zero-order chi connectivity index (χ0) is 24.5. The molecule has 35 heavy (non-hydrogen) atoms. The van der Waals surface area contributed by atoms with Crippen molar-refractivity contribution in [2.45, 2.75) is 33.6 Å². The third-order valence-corrected chi connectivity index (χ3v) is 6.35. The van der Waals surface area contributed by atoms with Gasteiger partial charge in [-0.15, -0.1) is 0 Å². The van der Waals surface area contributed by atoms with Crippen LogP contribution in [0.2, 0.25) is 0 Å². The highest BCUT2D eigenvalue weighted by Crippen LogP contribution is 2.17. The average Bonchev–Trinajstić information content (AvgIpc) is 2.93. The van der Waals surface area contributed by atoms with Gasteiger partial charge in [-0.1, -0.05) is 147 Å². The number of aryl methyl sites for hydroxylation is 3. The van der Waals surface area contributed by atoms with E-state index in [4.69, 9.17) is 0 Å². The van der Waals surface area contributed by atoms with Gasteiger partial charge >= 0.3 is 0 Å². The fraction of sp³-hybridized carbons (Fsp3) is 0.143. The molecule has 6 rings (SSSR count). The summed E-state index contributed by atoms with van der Waals surface area (Å²) in [5.41, 5.74) is 4.14. The van der Waals surface area contributed by atoms with Crippen LogP contribution in [0, 0.1) is 6.92 Å². The molecule has 0 bridgehead atoms. The van der Waals surface area contributed by atoms with E-state index in [2.05, 4.69) is 148 Å². The van der Waals surface area contributed by atoms with Crippen LogP contribution in [0.1, 0.15) is 30.5 Å². The summed E-state index contributed by atoms with van der Waals surface area (Å²) >= 11 is 0. The maximum absolute atomic E-state index is 2.26. The second-order valence-electron chi connectivity index (χ2n) is 8.92. The molecule has 6 aromatic carbocycles. The molecule has 0 aliphatic rings. The molecule has 0 amide bonds. The summed E-state index contributed by atoms with van der Waals surface area (Å²) in [6, 6.07) is 45.1. The molecule has 0 radical (unpaired) electrons. The highest BCUT2D eigenvalue weighted by atomic mass is 14.0. The maximum Gasteiger partial charge on any atom is -0.0181 e. The minimum atomic E-state index is 1.12. The highest BCUT2D eigenvalue weighted by Gasteiger charge is 1.93. The third kappa shape index (κ3) is 6.58. The van der Waals surface area contributed by atoms with E-state index in [0.717, 1.165) is 12.8 Å². The topological polar surface area (TPSA) is 0 Å². The Morgan fingerprint density at radius 3 is 1.11 bits per heavy atom. The van der Waals surface area contributed by atoms with Crippen LogP contribution < -0.4 is 0 Å². The molecule has 0 saturated carbocycles. The molecular weight excluding hydrogens is 420 g/mol. The Hall–Kier alpha value is -3.90. The average molecular weight is 455 g/mol. The SMILES string of the molecule is CCc1ccc2ccccc2c1.CCc1ccc2ccccc2c1.Cc1ccc2ccccc2c1. The van der Waals surface area contributed by atoms with E-state index >= 15 is 0 Å². The molecule has 0 fully saturated rings. The first-order valence-electron chi connectivity index (χ1n) is 12.6. The summed E-state index contributed by atoms with van der Waals surface area (Å²) in [6.45, 7) is 6.49. The largest absolute Gasteiger partial charge is 0.0616 e. The van der Waals surface area contributed by atoms with Gasteiger partial charge in [-0.25, -0.2) is 0 Å². The third-order valence-electron chi connectivity index (χ3n) is 6.35. The summed E-state index contributed by atoms with van der Waals surface area (Å²) in [5.74, 6) is 0. The van der Waals surface area contributed by atoms with Gasteiger partial charge in [0.05, 0.1) is 0 Å². The molecule has 0 nitrogen and oxygen atoms in total. The maximum atomic E-state index is 2.26. The minimum absolute atomic E-state index is 1.12. The lowest BCUT2D eigenvalue weighted by atomic mass is 10.1. The molecule has 0 heteroatoms. The van der Waals surface area contributed by atoms with E-state index < -0.39 is 0 Å². The van der Waals surface area contributed by atoms with Gasteiger partial charge in [0.25, 0.3) is 0 Å². The first-order valence-corrected chi connectivity index (χ1v) is 12.6. The standard InChI is InChI=1S/2C12H12.C11H10/c2*1-2-10-7-8-11-5-3-4-6-12(11)9-10;1-9-6-7-10-4-2-3-5-11(10)8-9/h2*3-9H,2H2,1H3;2-8H,1H3. The van der Waals surface area contributed by atoms with Gasteiger partial charge in [-0.05, 0) is 63.2 Å². The van der Waals surface area contributed by atoms with Crippen molar-refractivity contribution in [1.29, 1.82) is 0 Å². The molecule has 6 aromatic rings. The molecule has 174 valence electrons.